The van der Waals surface area contributed by atoms with E-state index in [-0.39, 0.29) is 23.3 Å². The molecule has 0 spiro atoms. The normalized spacial score (nSPS) is 12.6. The molecule has 7 nitrogen and oxygen atoms in total. The molecule has 0 aliphatic rings. The van der Waals surface area contributed by atoms with Gasteiger partial charge in [-0.1, -0.05) is 56.3 Å². The van der Waals surface area contributed by atoms with E-state index in [0.717, 1.165) is 9.87 Å². The van der Waals surface area contributed by atoms with Crippen molar-refractivity contribution in [3.63, 3.8) is 0 Å². The fourth-order valence-electron chi connectivity index (χ4n) is 4.12. The number of hydrogen-bond acceptors (Lipinski definition) is 4. The summed E-state index contributed by atoms with van der Waals surface area (Å²) in [5, 5.41) is 2.88. The summed E-state index contributed by atoms with van der Waals surface area (Å²) in [5.74, 6) is -1.15. The Morgan fingerprint density at radius 2 is 1.45 bits per heavy atom. The largest absolute Gasteiger partial charge is 0.350 e. The van der Waals surface area contributed by atoms with E-state index in [2.05, 4.69) is 5.32 Å². The molecule has 0 saturated heterocycles. The van der Waals surface area contributed by atoms with Gasteiger partial charge in [0.2, 0.25) is 11.8 Å². The summed E-state index contributed by atoms with van der Waals surface area (Å²) in [6.45, 7) is 10.6. The standard InChI is InChI=1S/C31H38FN3O4S/c1-22(2)25-14-18-27(19-15-25)35(40(38,39)28-10-8-7-9-11-28)21-29(36)34(20-24-12-16-26(32)17-13-24)23(3)30(37)33-31(4,5)6/h7-19,22-23H,20-21H2,1-6H3,(H,33,37)/t23-/m0/s1. The highest BCUT2D eigenvalue weighted by Gasteiger charge is 2.33. The molecule has 0 saturated carbocycles. The van der Waals surface area contributed by atoms with Crippen LogP contribution in [0.1, 0.15) is 58.6 Å². The second kappa shape index (κ2) is 12.6. The fraction of sp³-hybridized carbons (Fsp3) is 0.355. The van der Waals surface area contributed by atoms with E-state index in [4.69, 9.17) is 0 Å². The molecule has 0 fully saturated rings. The lowest BCUT2D eigenvalue weighted by molar-refractivity contribution is -0.140. The van der Waals surface area contributed by atoms with Gasteiger partial charge in [-0.3, -0.25) is 13.9 Å². The number of nitrogens with one attached hydrogen (secondary N) is 1. The summed E-state index contributed by atoms with van der Waals surface area (Å²) in [6, 6.07) is 19.7. The quantitative estimate of drug-likeness (QED) is 0.352. The van der Waals surface area contributed by atoms with Crippen LogP contribution in [-0.4, -0.2) is 43.3 Å². The van der Waals surface area contributed by atoms with Gasteiger partial charge in [-0.05, 0) is 81.1 Å². The second-order valence-electron chi connectivity index (χ2n) is 11.1. The molecular formula is C31H38FN3O4S. The third kappa shape index (κ3) is 7.91. The Labute approximate surface area is 237 Å². The van der Waals surface area contributed by atoms with Crippen molar-refractivity contribution < 1.29 is 22.4 Å². The highest BCUT2D eigenvalue weighted by Crippen LogP contribution is 2.26. The Bertz CT molecular complexity index is 1400. The minimum Gasteiger partial charge on any atom is -0.350 e. The van der Waals surface area contributed by atoms with E-state index in [9.17, 15) is 22.4 Å². The molecular weight excluding hydrogens is 529 g/mol. The Balaban J connectivity index is 2.03. The topological polar surface area (TPSA) is 86.8 Å². The molecule has 3 aromatic carbocycles. The van der Waals surface area contributed by atoms with Crippen molar-refractivity contribution in [2.24, 2.45) is 0 Å². The number of sulfonamides is 1. The highest BCUT2D eigenvalue weighted by molar-refractivity contribution is 7.92. The SMILES string of the molecule is CC(C)c1ccc(N(CC(=O)N(Cc2ccc(F)cc2)[C@@H](C)C(=O)NC(C)(C)C)S(=O)(=O)c2ccccc2)cc1. The molecule has 0 aliphatic carbocycles. The molecule has 1 N–H and O–H groups in total. The third-order valence-electron chi connectivity index (χ3n) is 6.39. The third-order valence-corrected chi connectivity index (χ3v) is 8.18. The van der Waals surface area contributed by atoms with Crippen LogP contribution < -0.4 is 9.62 Å². The van der Waals surface area contributed by atoms with Gasteiger partial charge in [-0.25, -0.2) is 12.8 Å². The molecule has 40 heavy (non-hydrogen) atoms. The molecule has 0 unspecified atom stereocenters. The lowest BCUT2D eigenvalue weighted by Crippen LogP contribution is -2.54. The number of carbonyl (C=O) groups excluding carboxylic acids is 2. The van der Waals surface area contributed by atoms with Gasteiger partial charge in [0.15, 0.2) is 0 Å². The second-order valence-corrected chi connectivity index (χ2v) is 13.0. The van der Waals surface area contributed by atoms with Crippen molar-refractivity contribution in [3.8, 4) is 0 Å². The molecule has 0 bridgehead atoms. The molecule has 3 aromatic rings. The molecule has 9 heteroatoms. The lowest BCUT2D eigenvalue weighted by Gasteiger charge is -2.33. The smallest absolute Gasteiger partial charge is 0.264 e. The van der Waals surface area contributed by atoms with E-state index in [1.54, 1.807) is 37.3 Å². The Hall–Kier alpha value is -3.72. The fourth-order valence-corrected chi connectivity index (χ4v) is 5.55. The molecule has 1 atom stereocenters. The average molecular weight is 568 g/mol. The zero-order chi connectivity index (χ0) is 29.7. The van der Waals surface area contributed by atoms with Crippen LogP contribution in [0.3, 0.4) is 0 Å². The van der Waals surface area contributed by atoms with Crippen LogP contribution in [0.15, 0.2) is 83.8 Å². The van der Waals surface area contributed by atoms with Crippen LogP contribution in [0.4, 0.5) is 10.1 Å². The van der Waals surface area contributed by atoms with Crippen LogP contribution in [-0.2, 0) is 26.2 Å². The minimum absolute atomic E-state index is 0.0106. The number of amides is 2. The Morgan fingerprint density at radius 1 is 0.875 bits per heavy atom. The van der Waals surface area contributed by atoms with Gasteiger partial charge in [0.05, 0.1) is 10.6 Å². The lowest BCUT2D eigenvalue weighted by atomic mass is 10.0. The highest BCUT2D eigenvalue weighted by atomic mass is 32.2. The Kier molecular flexibility index (Phi) is 9.73. The van der Waals surface area contributed by atoms with Crippen molar-refractivity contribution in [2.45, 2.75) is 70.5 Å². The number of nitrogens with zero attached hydrogens (tertiary/aromatic N) is 2. The number of carbonyl (C=O) groups is 2. The molecule has 214 valence electrons. The molecule has 0 radical (unpaired) electrons. The van der Waals surface area contributed by atoms with E-state index < -0.39 is 39.9 Å². The van der Waals surface area contributed by atoms with Crippen LogP contribution >= 0.6 is 0 Å². The molecule has 3 rings (SSSR count). The van der Waals surface area contributed by atoms with Gasteiger partial charge < -0.3 is 10.2 Å². The van der Waals surface area contributed by atoms with E-state index in [1.165, 1.54) is 41.3 Å². The number of benzene rings is 3. The molecule has 0 aliphatic heterocycles. The number of hydrogen-bond donors (Lipinski definition) is 1. The van der Waals surface area contributed by atoms with Crippen LogP contribution in [0.5, 0.6) is 0 Å². The van der Waals surface area contributed by atoms with E-state index >= 15 is 0 Å². The first-order valence-corrected chi connectivity index (χ1v) is 14.7. The number of rotatable bonds is 10. The van der Waals surface area contributed by atoms with Crippen LogP contribution in [0.2, 0.25) is 0 Å². The maximum atomic E-state index is 13.9. The van der Waals surface area contributed by atoms with E-state index in [1.807, 2.05) is 46.8 Å². The molecule has 0 aromatic heterocycles. The number of halogens is 1. The summed E-state index contributed by atoms with van der Waals surface area (Å²) in [6.07, 6.45) is 0. The average Bonchev–Trinajstić information content (AvgIpc) is 2.90. The van der Waals surface area contributed by atoms with Gasteiger partial charge in [0.1, 0.15) is 18.4 Å². The predicted molar refractivity (Wildman–Crippen MR) is 156 cm³/mol. The first-order chi connectivity index (χ1) is 18.7. The van der Waals surface area contributed by atoms with Crippen molar-refractivity contribution in [1.82, 2.24) is 10.2 Å². The van der Waals surface area contributed by atoms with Gasteiger partial charge in [-0.2, -0.15) is 0 Å². The predicted octanol–water partition coefficient (Wildman–Crippen LogP) is 5.48. The van der Waals surface area contributed by atoms with Crippen molar-refractivity contribution in [3.05, 3.63) is 95.8 Å². The maximum Gasteiger partial charge on any atom is 0.264 e. The van der Waals surface area contributed by atoms with Gasteiger partial charge >= 0.3 is 0 Å². The molecule has 0 heterocycles. The van der Waals surface area contributed by atoms with Gasteiger partial charge in [-0.15, -0.1) is 0 Å². The van der Waals surface area contributed by atoms with Crippen LogP contribution in [0, 0.1) is 5.82 Å². The summed E-state index contributed by atoms with van der Waals surface area (Å²) < 4.78 is 42.3. The van der Waals surface area contributed by atoms with E-state index in [0.29, 0.717) is 11.3 Å². The zero-order valence-electron chi connectivity index (χ0n) is 23.9. The van der Waals surface area contributed by atoms with Gasteiger partial charge in [0, 0.05) is 12.1 Å². The van der Waals surface area contributed by atoms with Crippen molar-refractivity contribution in [2.75, 3.05) is 10.8 Å². The van der Waals surface area contributed by atoms with Crippen molar-refractivity contribution >= 4 is 27.5 Å². The minimum atomic E-state index is -4.13. The zero-order valence-corrected chi connectivity index (χ0v) is 24.7. The first kappa shape index (κ1) is 30.8. The summed E-state index contributed by atoms with van der Waals surface area (Å²) in [5.41, 5.74) is 1.41. The summed E-state index contributed by atoms with van der Waals surface area (Å²) >= 11 is 0. The molecule has 2 amide bonds. The van der Waals surface area contributed by atoms with Crippen molar-refractivity contribution in [1.29, 1.82) is 0 Å². The number of anilines is 1. The maximum absolute atomic E-state index is 13.9. The monoisotopic (exact) mass is 567 g/mol. The summed E-state index contributed by atoms with van der Waals surface area (Å²) in [4.78, 5) is 28.4. The van der Waals surface area contributed by atoms with Gasteiger partial charge in [0.25, 0.3) is 10.0 Å². The first-order valence-electron chi connectivity index (χ1n) is 13.2. The summed E-state index contributed by atoms with van der Waals surface area (Å²) in [7, 11) is -4.13. The Morgan fingerprint density at radius 3 is 1.98 bits per heavy atom. The van der Waals surface area contributed by atoms with Crippen LogP contribution in [0.25, 0.3) is 0 Å².